The standard InChI is InChI=1S/C15H20N2O6S/c1-3-23-15(19)14(18)16-11-6-7-12(13(10-11)22-2)17-8-4-5-9-24(17,20)21/h6-7,10H,3-5,8-9H2,1-2H3,(H,16,18). The summed E-state index contributed by atoms with van der Waals surface area (Å²) in [5, 5.41) is 2.39. The first-order valence-corrected chi connectivity index (χ1v) is 9.16. The Bertz CT molecular complexity index is 731. The van der Waals surface area contributed by atoms with Gasteiger partial charge >= 0.3 is 11.9 Å². The fraction of sp³-hybridized carbons (Fsp3) is 0.467. The molecule has 24 heavy (non-hydrogen) atoms. The van der Waals surface area contributed by atoms with E-state index in [0.717, 1.165) is 6.42 Å². The smallest absolute Gasteiger partial charge is 0.397 e. The Hall–Kier alpha value is -2.29. The van der Waals surface area contributed by atoms with Crippen molar-refractivity contribution in [3.63, 3.8) is 0 Å². The number of benzene rings is 1. The molecule has 1 aliphatic heterocycles. The van der Waals surface area contributed by atoms with E-state index >= 15 is 0 Å². The van der Waals surface area contributed by atoms with E-state index < -0.39 is 21.9 Å². The van der Waals surface area contributed by atoms with Crippen LogP contribution in [0.25, 0.3) is 0 Å². The van der Waals surface area contributed by atoms with Crippen molar-refractivity contribution in [3.8, 4) is 5.75 Å². The Morgan fingerprint density at radius 2 is 2.04 bits per heavy atom. The molecule has 2 rings (SSSR count). The average Bonchev–Trinajstić information content (AvgIpc) is 2.55. The molecule has 1 aromatic carbocycles. The van der Waals surface area contributed by atoms with Gasteiger partial charge in [0.1, 0.15) is 5.75 Å². The largest absolute Gasteiger partial charge is 0.494 e. The summed E-state index contributed by atoms with van der Waals surface area (Å²) in [6.45, 7) is 2.08. The normalized spacial score (nSPS) is 16.3. The number of esters is 1. The minimum absolute atomic E-state index is 0.0947. The van der Waals surface area contributed by atoms with Gasteiger partial charge in [-0.05, 0) is 31.9 Å². The molecule has 0 atom stereocenters. The quantitative estimate of drug-likeness (QED) is 0.641. The van der Waals surface area contributed by atoms with Gasteiger partial charge in [-0.15, -0.1) is 0 Å². The first kappa shape index (κ1) is 18.1. The molecule has 1 amide bonds. The summed E-state index contributed by atoms with van der Waals surface area (Å²) in [5.41, 5.74) is 0.717. The highest BCUT2D eigenvalue weighted by Gasteiger charge is 2.28. The Morgan fingerprint density at radius 1 is 1.29 bits per heavy atom. The van der Waals surface area contributed by atoms with Crippen LogP contribution in [0, 0.1) is 0 Å². The lowest BCUT2D eigenvalue weighted by Crippen LogP contribution is -2.38. The number of anilines is 2. The summed E-state index contributed by atoms with van der Waals surface area (Å²) in [6.07, 6.45) is 1.40. The summed E-state index contributed by atoms with van der Waals surface area (Å²) in [6, 6.07) is 4.53. The van der Waals surface area contributed by atoms with Crippen LogP contribution in [0.2, 0.25) is 0 Å². The van der Waals surface area contributed by atoms with Crippen LogP contribution >= 0.6 is 0 Å². The number of methoxy groups -OCH3 is 1. The molecule has 132 valence electrons. The molecular formula is C15H20N2O6S. The number of hydrogen-bond donors (Lipinski definition) is 1. The highest BCUT2D eigenvalue weighted by atomic mass is 32.2. The molecule has 0 spiro atoms. The maximum Gasteiger partial charge on any atom is 0.397 e. The van der Waals surface area contributed by atoms with Crippen molar-refractivity contribution in [2.45, 2.75) is 19.8 Å². The van der Waals surface area contributed by atoms with Crippen LogP contribution in [0.1, 0.15) is 19.8 Å². The third-order valence-corrected chi connectivity index (χ3v) is 5.37. The van der Waals surface area contributed by atoms with Gasteiger partial charge in [-0.25, -0.2) is 13.2 Å². The van der Waals surface area contributed by atoms with E-state index in [1.165, 1.54) is 23.5 Å². The van der Waals surface area contributed by atoms with Gasteiger partial charge in [-0.2, -0.15) is 0 Å². The first-order chi connectivity index (χ1) is 11.4. The predicted molar refractivity (Wildman–Crippen MR) is 88.6 cm³/mol. The van der Waals surface area contributed by atoms with Crippen molar-refractivity contribution in [3.05, 3.63) is 18.2 Å². The van der Waals surface area contributed by atoms with E-state index in [1.54, 1.807) is 13.0 Å². The van der Waals surface area contributed by atoms with Gasteiger partial charge in [-0.1, -0.05) is 0 Å². The average molecular weight is 356 g/mol. The van der Waals surface area contributed by atoms with Gasteiger partial charge in [0.05, 0.1) is 25.2 Å². The van der Waals surface area contributed by atoms with Crippen LogP contribution in [0.3, 0.4) is 0 Å². The number of sulfonamides is 1. The van der Waals surface area contributed by atoms with Gasteiger partial charge in [0.15, 0.2) is 0 Å². The maximum atomic E-state index is 12.2. The molecule has 1 aliphatic rings. The summed E-state index contributed by atoms with van der Waals surface area (Å²) in [4.78, 5) is 23.0. The second kappa shape index (κ2) is 7.52. The van der Waals surface area contributed by atoms with Crippen molar-refractivity contribution in [2.75, 3.05) is 35.6 Å². The molecule has 0 bridgehead atoms. The molecule has 8 nitrogen and oxygen atoms in total. The van der Waals surface area contributed by atoms with Crippen LogP contribution in [0.5, 0.6) is 5.75 Å². The van der Waals surface area contributed by atoms with Crippen molar-refractivity contribution in [1.82, 2.24) is 0 Å². The van der Waals surface area contributed by atoms with Gasteiger partial charge < -0.3 is 14.8 Å². The molecule has 0 unspecified atom stereocenters. The highest BCUT2D eigenvalue weighted by molar-refractivity contribution is 7.92. The van der Waals surface area contributed by atoms with Gasteiger partial charge in [0, 0.05) is 18.3 Å². The summed E-state index contributed by atoms with van der Waals surface area (Å²) < 4.78 is 35.6. The first-order valence-electron chi connectivity index (χ1n) is 7.55. The Morgan fingerprint density at radius 3 is 2.67 bits per heavy atom. The molecule has 1 fully saturated rings. The monoisotopic (exact) mass is 356 g/mol. The fourth-order valence-corrected chi connectivity index (χ4v) is 4.05. The minimum atomic E-state index is -3.37. The number of hydrogen-bond acceptors (Lipinski definition) is 6. The molecule has 1 N–H and O–H groups in total. The van der Waals surface area contributed by atoms with E-state index in [4.69, 9.17) is 4.74 Å². The molecule has 0 radical (unpaired) electrons. The number of nitrogens with zero attached hydrogens (tertiary/aromatic N) is 1. The van der Waals surface area contributed by atoms with Crippen molar-refractivity contribution in [1.29, 1.82) is 0 Å². The van der Waals surface area contributed by atoms with Crippen molar-refractivity contribution < 1.29 is 27.5 Å². The number of carbonyl (C=O) groups is 2. The third-order valence-electron chi connectivity index (χ3n) is 3.52. The second-order valence-electron chi connectivity index (χ2n) is 5.16. The van der Waals surface area contributed by atoms with Crippen LogP contribution in [0.4, 0.5) is 11.4 Å². The Labute approximate surface area is 140 Å². The molecular weight excluding hydrogens is 336 g/mol. The van der Waals surface area contributed by atoms with Crippen LogP contribution in [-0.4, -0.2) is 46.3 Å². The van der Waals surface area contributed by atoms with Crippen LogP contribution in [0.15, 0.2) is 18.2 Å². The number of amides is 1. The zero-order valence-electron chi connectivity index (χ0n) is 13.6. The molecule has 1 aromatic rings. The SMILES string of the molecule is CCOC(=O)C(=O)Nc1ccc(N2CCCCS2(=O)=O)c(OC)c1. The molecule has 1 saturated heterocycles. The maximum absolute atomic E-state index is 12.2. The zero-order valence-corrected chi connectivity index (χ0v) is 14.4. The number of nitrogens with one attached hydrogen (secondary N) is 1. The molecule has 0 saturated carbocycles. The van der Waals surface area contributed by atoms with Gasteiger partial charge in [-0.3, -0.25) is 9.10 Å². The van der Waals surface area contributed by atoms with Crippen molar-refractivity contribution >= 4 is 33.3 Å². The minimum Gasteiger partial charge on any atom is -0.494 e. The summed E-state index contributed by atoms with van der Waals surface area (Å²) in [5.74, 6) is -1.50. The van der Waals surface area contributed by atoms with E-state index in [9.17, 15) is 18.0 Å². The fourth-order valence-electron chi connectivity index (χ4n) is 2.40. The molecule has 9 heteroatoms. The van der Waals surface area contributed by atoms with E-state index in [1.807, 2.05) is 0 Å². The molecule has 1 heterocycles. The van der Waals surface area contributed by atoms with Crippen LogP contribution < -0.4 is 14.4 Å². The number of carbonyl (C=O) groups excluding carboxylic acids is 2. The van der Waals surface area contributed by atoms with E-state index in [0.29, 0.717) is 30.1 Å². The lowest BCUT2D eigenvalue weighted by Gasteiger charge is -2.29. The number of ether oxygens (including phenoxy) is 2. The lowest BCUT2D eigenvalue weighted by molar-refractivity contribution is -0.152. The lowest BCUT2D eigenvalue weighted by atomic mass is 10.2. The molecule has 0 aromatic heterocycles. The van der Waals surface area contributed by atoms with Gasteiger partial charge in [0.25, 0.3) is 0 Å². The third kappa shape index (κ3) is 3.97. The summed E-state index contributed by atoms with van der Waals surface area (Å²) in [7, 11) is -1.96. The number of rotatable bonds is 4. The highest BCUT2D eigenvalue weighted by Crippen LogP contribution is 2.34. The molecule has 0 aliphatic carbocycles. The second-order valence-corrected chi connectivity index (χ2v) is 7.17. The van der Waals surface area contributed by atoms with E-state index in [-0.39, 0.29) is 12.4 Å². The zero-order chi connectivity index (χ0) is 17.7. The van der Waals surface area contributed by atoms with Gasteiger partial charge in [0.2, 0.25) is 10.0 Å². The van der Waals surface area contributed by atoms with E-state index in [2.05, 4.69) is 10.1 Å². The van der Waals surface area contributed by atoms with Crippen LogP contribution in [-0.2, 0) is 24.3 Å². The summed E-state index contributed by atoms with van der Waals surface area (Å²) >= 11 is 0. The topological polar surface area (TPSA) is 102 Å². The predicted octanol–water partition coefficient (Wildman–Crippen LogP) is 1.13. The van der Waals surface area contributed by atoms with Crippen molar-refractivity contribution in [2.24, 2.45) is 0 Å². The Balaban J connectivity index is 2.25. The Kier molecular flexibility index (Phi) is 5.66.